The second-order valence-corrected chi connectivity index (χ2v) is 6.51. The lowest BCUT2D eigenvalue weighted by Crippen LogP contribution is -2.45. The molecule has 1 saturated heterocycles. The minimum atomic E-state index is -0.587. The molecule has 1 N–H and O–H groups in total. The van der Waals surface area contributed by atoms with Crippen LogP contribution in [0.1, 0.15) is 30.9 Å². The summed E-state index contributed by atoms with van der Waals surface area (Å²) in [6.45, 7) is 2.89. The first kappa shape index (κ1) is 17.6. The van der Waals surface area contributed by atoms with Crippen LogP contribution in [0.4, 0.5) is 0 Å². The lowest BCUT2D eigenvalue weighted by Gasteiger charge is -2.31. The Morgan fingerprint density at radius 1 is 1.08 bits per heavy atom. The predicted molar refractivity (Wildman–Crippen MR) is 96.7 cm³/mol. The minimum absolute atomic E-state index is 0.0411. The molecule has 0 unspecified atom stereocenters. The Labute approximate surface area is 149 Å². The van der Waals surface area contributed by atoms with Crippen molar-refractivity contribution in [3.05, 3.63) is 71.8 Å². The molecule has 132 valence electrons. The summed E-state index contributed by atoms with van der Waals surface area (Å²) in [4.78, 5) is 14.3. The fourth-order valence-electron chi connectivity index (χ4n) is 3.38. The number of ether oxygens (including phenoxy) is 1. The molecule has 2 aromatic rings. The highest BCUT2D eigenvalue weighted by atomic mass is 16.5. The van der Waals surface area contributed by atoms with Gasteiger partial charge in [0.2, 0.25) is 5.91 Å². The Hall–Kier alpha value is -2.17. The van der Waals surface area contributed by atoms with Gasteiger partial charge < -0.3 is 14.7 Å². The largest absolute Gasteiger partial charge is 0.391 e. The molecule has 3 atom stereocenters. The summed E-state index contributed by atoms with van der Waals surface area (Å²) >= 11 is 0. The molecule has 25 heavy (non-hydrogen) atoms. The van der Waals surface area contributed by atoms with Crippen LogP contribution in [0, 0.1) is 0 Å². The van der Waals surface area contributed by atoms with Gasteiger partial charge in [0.15, 0.2) is 0 Å². The molecule has 3 rings (SSSR count). The van der Waals surface area contributed by atoms with E-state index in [0.717, 1.165) is 11.1 Å². The van der Waals surface area contributed by atoms with Crippen LogP contribution in [-0.2, 0) is 22.7 Å². The maximum absolute atomic E-state index is 12.6. The molecule has 1 heterocycles. The average molecular weight is 339 g/mol. The molecule has 4 heteroatoms. The summed E-state index contributed by atoms with van der Waals surface area (Å²) in [6, 6.07) is 19.5. The number of aliphatic hydroxyl groups is 1. The maximum atomic E-state index is 12.6. The molecule has 1 fully saturated rings. The Bertz CT molecular complexity index is 674. The third kappa shape index (κ3) is 4.27. The summed E-state index contributed by atoms with van der Waals surface area (Å²) in [5, 5.41) is 10.5. The molecule has 1 aliphatic rings. The van der Waals surface area contributed by atoms with Gasteiger partial charge in [-0.1, -0.05) is 67.6 Å². The summed E-state index contributed by atoms with van der Waals surface area (Å²) < 4.78 is 6.04. The molecule has 0 radical (unpaired) electrons. The van der Waals surface area contributed by atoms with E-state index in [1.807, 2.05) is 67.6 Å². The van der Waals surface area contributed by atoms with Crippen molar-refractivity contribution >= 4 is 5.91 Å². The van der Waals surface area contributed by atoms with Gasteiger partial charge in [0.1, 0.15) is 0 Å². The quantitative estimate of drug-likeness (QED) is 0.843. The maximum Gasteiger partial charge on any atom is 0.226 e. The van der Waals surface area contributed by atoms with Crippen molar-refractivity contribution in [3.8, 4) is 0 Å². The molecule has 0 aromatic heterocycles. The summed E-state index contributed by atoms with van der Waals surface area (Å²) in [5.41, 5.74) is 2.13. The second-order valence-electron chi connectivity index (χ2n) is 6.51. The normalized spacial score (nSPS) is 21.5. The number of likely N-dealkylation sites (tertiary alicyclic amines) is 1. The average Bonchev–Trinajstić information content (AvgIpc) is 2.96. The lowest BCUT2D eigenvalue weighted by atomic mass is 10.0. The van der Waals surface area contributed by atoms with Gasteiger partial charge in [-0.15, -0.1) is 0 Å². The number of hydrogen-bond donors (Lipinski definition) is 1. The predicted octanol–water partition coefficient (Wildman–Crippen LogP) is 3.14. The highest BCUT2D eigenvalue weighted by molar-refractivity contribution is 5.80. The molecule has 1 aliphatic heterocycles. The number of benzene rings is 2. The number of amides is 1. The van der Waals surface area contributed by atoms with Crippen LogP contribution in [-0.4, -0.2) is 34.2 Å². The van der Waals surface area contributed by atoms with Crippen molar-refractivity contribution < 1.29 is 14.6 Å². The summed E-state index contributed by atoms with van der Waals surface area (Å²) in [6.07, 6.45) is 0.0397. The molecular formula is C21H25NO3. The van der Waals surface area contributed by atoms with Gasteiger partial charge >= 0.3 is 0 Å². The topological polar surface area (TPSA) is 49.8 Å². The van der Waals surface area contributed by atoms with E-state index in [0.29, 0.717) is 26.0 Å². The smallest absolute Gasteiger partial charge is 0.226 e. The number of nitrogens with zero attached hydrogens (tertiary/aromatic N) is 1. The van der Waals surface area contributed by atoms with E-state index >= 15 is 0 Å². The standard InChI is InChI=1S/C21H25NO3/c1-2-18(23)21-19(25-15-17-11-7-4-8-12-17)13-20(24)22(21)14-16-9-5-3-6-10-16/h3-12,18-19,21,23H,2,13-15H2,1H3/t18-,19-,21+/m0/s1. The zero-order valence-electron chi connectivity index (χ0n) is 14.5. The van der Waals surface area contributed by atoms with Crippen molar-refractivity contribution in [1.29, 1.82) is 0 Å². The van der Waals surface area contributed by atoms with Crippen LogP contribution in [0.25, 0.3) is 0 Å². The van der Waals surface area contributed by atoms with E-state index in [-0.39, 0.29) is 18.1 Å². The van der Waals surface area contributed by atoms with Gasteiger partial charge in [0, 0.05) is 6.54 Å². The van der Waals surface area contributed by atoms with E-state index in [9.17, 15) is 9.90 Å². The number of carbonyl (C=O) groups excluding carboxylic acids is 1. The molecule has 0 aliphatic carbocycles. The zero-order chi connectivity index (χ0) is 17.6. The van der Waals surface area contributed by atoms with Crippen molar-refractivity contribution in [2.24, 2.45) is 0 Å². The minimum Gasteiger partial charge on any atom is -0.391 e. The molecule has 2 aromatic carbocycles. The van der Waals surface area contributed by atoms with Crippen LogP contribution in [0.5, 0.6) is 0 Å². The van der Waals surface area contributed by atoms with Crippen LogP contribution < -0.4 is 0 Å². The fraction of sp³-hybridized carbons (Fsp3) is 0.381. The van der Waals surface area contributed by atoms with Crippen LogP contribution in [0.2, 0.25) is 0 Å². The highest BCUT2D eigenvalue weighted by Gasteiger charge is 2.43. The van der Waals surface area contributed by atoms with Gasteiger partial charge in [-0.25, -0.2) is 0 Å². The fourth-order valence-corrected chi connectivity index (χ4v) is 3.38. The first-order chi connectivity index (χ1) is 12.2. The van der Waals surface area contributed by atoms with Gasteiger partial charge in [-0.05, 0) is 17.5 Å². The monoisotopic (exact) mass is 339 g/mol. The van der Waals surface area contributed by atoms with Crippen molar-refractivity contribution in [2.75, 3.05) is 0 Å². The van der Waals surface area contributed by atoms with Gasteiger partial charge in [0.25, 0.3) is 0 Å². The first-order valence-electron chi connectivity index (χ1n) is 8.86. The third-order valence-corrected chi connectivity index (χ3v) is 4.75. The summed E-state index contributed by atoms with van der Waals surface area (Å²) in [7, 11) is 0. The summed E-state index contributed by atoms with van der Waals surface area (Å²) in [5.74, 6) is 0.0411. The molecule has 4 nitrogen and oxygen atoms in total. The van der Waals surface area contributed by atoms with E-state index in [2.05, 4.69) is 0 Å². The zero-order valence-corrected chi connectivity index (χ0v) is 14.5. The number of carbonyl (C=O) groups is 1. The SMILES string of the molecule is CC[C@H](O)[C@@H]1[C@@H](OCc2ccccc2)CC(=O)N1Cc1ccccc1. The van der Waals surface area contributed by atoms with Crippen LogP contribution in [0.3, 0.4) is 0 Å². The van der Waals surface area contributed by atoms with Crippen LogP contribution >= 0.6 is 0 Å². The lowest BCUT2D eigenvalue weighted by molar-refractivity contribution is -0.131. The van der Waals surface area contributed by atoms with E-state index in [4.69, 9.17) is 4.74 Å². The number of aliphatic hydroxyl groups excluding tert-OH is 1. The Morgan fingerprint density at radius 2 is 1.68 bits per heavy atom. The number of rotatable bonds is 7. The first-order valence-corrected chi connectivity index (χ1v) is 8.86. The van der Waals surface area contributed by atoms with Crippen LogP contribution in [0.15, 0.2) is 60.7 Å². The number of hydrogen-bond acceptors (Lipinski definition) is 3. The van der Waals surface area contributed by atoms with Crippen molar-refractivity contribution in [2.45, 2.75) is 51.2 Å². The van der Waals surface area contributed by atoms with Crippen molar-refractivity contribution in [3.63, 3.8) is 0 Å². The molecule has 0 bridgehead atoms. The van der Waals surface area contributed by atoms with Crippen molar-refractivity contribution in [1.82, 2.24) is 4.90 Å². The van der Waals surface area contributed by atoms with E-state index in [1.54, 1.807) is 4.90 Å². The molecular weight excluding hydrogens is 314 g/mol. The van der Waals surface area contributed by atoms with Gasteiger partial charge in [-0.3, -0.25) is 4.79 Å². The van der Waals surface area contributed by atoms with Gasteiger partial charge in [0.05, 0.1) is 31.3 Å². The van der Waals surface area contributed by atoms with Gasteiger partial charge in [-0.2, -0.15) is 0 Å². The van der Waals surface area contributed by atoms with E-state index in [1.165, 1.54) is 0 Å². The Balaban J connectivity index is 1.73. The van der Waals surface area contributed by atoms with E-state index < -0.39 is 6.10 Å². The third-order valence-electron chi connectivity index (χ3n) is 4.75. The Morgan fingerprint density at radius 3 is 2.28 bits per heavy atom. The second kappa shape index (κ2) is 8.28. The molecule has 0 spiro atoms. The molecule has 1 amide bonds. The molecule has 0 saturated carbocycles. The highest BCUT2D eigenvalue weighted by Crippen LogP contribution is 2.28. The Kier molecular flexibility index (Phi) is 5.84.